The van der Waals surface area contributed by atoms with E-state index >= 15 is 0 Å². The first-order valence-corrected chi connectivity index (χ1v) is 19.0. The SMILES string of the molecule is c1ccc(-c2nc(-c3ccccc3)nc(-c3ccc4oc5c(-c6ccc7c(c6)oc6c(-n8c9ccccc9c9ccccc98)cccc67)cccc5c4c3)n2)cc1. The van der Waals surface area contributed by atoms with Crippen LogP contribution >= 0.6 is 0 Å². The molecule has 266 valence electrons. The summed E-state index contributed by atoms with van der Waals surface area (Å²) in [4.78, 5) is 14.8. The Kier molecular flexibility index (Phi) is 6.83. The molecule has 0 spiro atoms. The lowest BCUT2D eigenvalue weighted by Gasteiger charge is -2.08. The Bertz CT molecular complexity index is 3410. The van der Waals surface area contributed by atoms with Crippen LogP contribution in [0.4, 0.5) is 0 Å². The fraction of sp³-hybridized carbons (Fsp3) is 0. The predicted molar refractivity (Wildman–Crippen MR) is 230 cm³/mol. The molecule has 0 unspecified atom stereocenters. The van der Waals surface area contributed by atoms with Crippen molar-refractivity contribution in [3.8, 4) is 51.0 Å². The van der Waals surface area contributed by atoms with Crippen molar-refractivity contribution in [3.05, 3.63) is 182 Å². The number of benzene rings is 8. The highest BCUT2D eigenvalue weighted by molar-refractivity contribution is 6.14. The molecule has 6 nitrogen and oxygen atoms in total. The van der Waals surface area contributed by atoms with E-state index in [2.05, 4.69) is 114 Å². The van der Waals surface area contributed by atoms with Crippen LogP contribution in [0.3, 0.4) is 0 Å². The number of fused-ring (bicyclic) bond motifs is 9. The second-order valence-corrected chi connectivity index (χ2v) is 14.4. The minimum Gasteiger partial charge on any atom is -0.455 e. The Morgan fingerprint density at radius 3 is 1.56 bits per heavy atom. The minimum absolute atomic E-state index is 0.603. The van der Waals surface area contributed by atoms with Gasteiger partial charge in [-0.3, -0.25) is 0 Å². The molecular formula is C51H30N4O2. The minimum atomic E-state index is 0.603. The van der Waals surface area contributed by atoms with Crippen LogP contribution in [0.1, 0.15) is 0 Å². The third-order valence-corrected chi connectivity index (χ3v) is 11.1. The molecule has 0 aliphatic rings. The highest BCUT2D eigenvalue weighted by Gasteiger charge is 2.20. The van der Waals surface area contributed by atoms with Gasteiger partial charge in [-0.05, 0) is 54.1 Å². The molecule has 0 aliphatic heterocycles. The van der Waals surface area contributed by atoms with Crippen LogP contribution in [-0.4, -0.2) is 19.5 Å². The van der Waals surface area contributed by atoms with E-state index in [0.717, 1.165) is 88.4 Å². The number of furan rings is 2. The number of aromatic nitrogens is 4. The van der Waals surface area contributed by atoms with Crippen LogP contribution in [0, 0.1) is 0 Å². The third-order valence-electron chi connectivity index (χ3n) is 11.1. The van der Waals surface area contributed by atoms with Crippen LogP contribution < -0.4 is 0 Å². The van der Waals surface area contributed by atoms with E-state index < -0.39 is 0 Å². The molecule has 12 rings (SSSR count). The van der Waals surface area contributed by atoms with Gasteiger partial charge in [0.1, 0.15) is 16.7 Å². The van der Waals surface area contributed by atoms with Gasteiger partial charge >= 0.3 is 0 Å². The van der Waals surface area contributed by atoms with Gasteiger partial charge in [-0.2, -0.15) is 0 Å². The quantitative estimate of drug-likeness (QED) is 0.176. The van der Waals surface area contributed by atoms with Crippen molar-refractivity contribution >= 4 is 65.7 Å². The van der Waals surface area contributed by atoms with Gasteiger partial charge in [0.05, 0.1) is 16.7 Å². The topological polar surface area (TPSA) is 69.9 Å². The van der Waals surface area contributed by atoms with E-state index in [4.69, 9.17) is 23.8 Å². The van der Waals surface area contributed by atoms with E-state index in [1.54, 1.807) is 0 Å². The molecule has 0 radical (unpaired) electrons. The molecule has 0 saturated carbocycles. The second kappa shape index (κ2) is 12.3. The Labute approximate surface area is 325 Å². The van der Waals surface area contributed by atoms with E-state index in [-0.39, 0.29) is 0 Å². The van der Waals surface area contributed by atoms with Gasteiger partial charge in [0.15, 0.2) is 23.1 Å². The van der Waals surface area contributed by atoms with Crippen molar-refractivity contribution in [1.82, 2.24) is 19.5 Å². The number of rotatable bonds is 5. The molecule has 57 heavy (non-hydrogen) atoms. The molecular weight excluding hydrogens is 701 g/mol. The summed E-state index contributed by atoms with van der Waals surface area (Å²) in [6, 6.07) is 62.6. The maximum atomic E-state index is 6.82. The van der Waals surface area contributed by atoms with E-state index in [0.29, 0.717) is 17.5 Å². The summed E-state index contributed by atoms with van der Waals surface area (Å²) in [7, 11) is 0. The smallest absolute Gasteiger partial charge is 0.164 e. The lowest BCUT2D eigenvalue weighted by Crippen LogP contribution is -2.00. The van der Waals surface area contributed by atoms with Crippen molar-refractivity contribution in [2.75, 3.05) is 0 Å². The van der Waals surface area contributed by atoms with Gasteiger partial charge in [-0.25, -0.2) is 15.0 Å². The molecule has 0 saturated heterocycles. The molecule has 12 aromatic rings. The molecule has 0 amide bonds. The van der Waals surface area contributed by atoms with Crippen molar-refractivity contribution in [3.63, 3.8) is 0 Å². The van der Waals surface area contributed by atoms with Gasteiger partial charge in [-0.15, -0.1) is 0 Å². The molecule has 0 atom stereocenters. The third kappa shape index (κ3) is 4.94. The first-order valence-electron chi connectivity index (χ1n) is 19.0. The van der Waals surface area contributed by atoms with Crippen molar-refractivity contribution < 1.29 is 8.83 Å². The summed E-state index contributed by atoms with van der Waals surface area (Å²) in [6.45, 7) is 0. The molecule has 0 N–H and O–H groups in total. The number of para-hydroxylation sites is 4. The van der Waals surface area contributed by atoms with Gasteiger partial charge in [-0.1, -0.05) is 133 Å². The maximum absolute atomic E-state index is 6.82. The van der Waals surface area contributed by atoms with Gasteiger partial charge < -0.3 is 13.4 Å². The lowest BCUT2D eigenvalue weighted by molar-refractivity contribution is 0.666. The highest BCUT2D eigenvalue weighted by Crippen LogP contribution is 2.41. The summed E-state index contributed by atoms with van der Waals surface area (Å²) in [5.41, 5.74) is 11.4. The van der Waals surface area contributed by atoms with E-state index in [1.807, 2.05) is 72.8 Å². The number of hydrogen-bond donors (Lipinski definition) is 0. The first kappa shape index (κ1) is 31.5. The van der Waals surface area contributed by atoms with Gasteiger partial charge in [0.2, 0.25) is 0 Å². The molecule has 0 fully saturated rings. The fourth-order valence-corrected chi connectivity index (χ4v) is 8.41. The van der Waals surface area contributed by atoms with E-state index in [1.165, 1.54) is 10.8 Å². The first-order chi connectivity index (χ1) is 28.2. The van der Waals surface area contributed by atoms with Crippen molar-refractivity contribution in [2.45, 2.75) is 0 Å². The summed E-state index contributed by atoms with van der Waals surface area (Å²) in [5.74, 6) is 1.86. The average molecular weight is 731 g/mol. The number of nitrogens with zero attached hydrogens (tertiary/aromatic N) is 4. The summed E-state index contributed by atoms with van der Waals surface area (Å²) in [6.07, 6.45) is 0. The molecule has 0 aliphatic carbocycles. The number of hydrogen-bond acceptors (Lipinski definition) is 5. The Balaban J connectivity index is 0.987. The van der Waals surface area contributed by atoms with Crippen molar-refractivity contribution in [2.24, 2.45) is 0 Å². The lowest BCUT2D eigenvalue weighted by atomic mass is 10.0. The molecule has 4 aromatic heterocycles. The van der Waals surface area contributed by atoms with Crippen LogP contribution in [0.5, 0.6) is 0 Å². The van der Waals surface area contributed by atoms with Gasteiger partial charge in [0.25, 0.3) is 0 Å². The normalized spacial score (nSPS) is 11.9. The molecule has 8 aromatic carbocycles. The molecule has 0 bridgehead atoms. The van der Waals surface area contributed by atoms with Crippen molar-refractivity contribution in [1.29, 1.82) is 0 Å². The van der Waals surface area contributed by atoms with Gasteiger partial charge in [0, 0.05) is 54.6 Å². The zero-order chi connectivity index (χ0) is 37.5. The van der Waals surface area contributed by atoms with Crippen LogP contribution in [0.25, 0.3) is 117 Å². The molecule has 6 heteroatoms. The van der Waals surface area contributed by atoms with Crippen LogP contribution in [-0.2, 0) is 0 Å². The fourth-order valence-electron chi connectivity index (χ4n) is 8.41. The molecule has 4 heterocycles. The predicted octanol–water partition coefficient (Wildman–Crippen LogP) is 13.4. The largest absolute Gasteiger partial charge is 0.455 e. The highest BCUT2D eigenvalue weighted by atomic mass is 16.3. The summed E-state index contributed by atoms with van der Waals surface area (Å²) >= 11 is 0. The van der Waals surface area contributed by atoms with Crippen LogP contribution in [0.2, 0.25) is 0 Å². The van der Waals surface area contributed by atoms with E-state index in [9.17, 15) is 0 Å². The summed E-state index contributed by atoms with van der Waals surface area (Å²) in [5, 5.41) is 6.60. The Morgan fingerprint density at radius 1 is 0.333 bits per heavy atom. The Morgan fingerprint density at radius 2 is 0.877 bits per heavy atom. The monoisotopic (exact) mass is 730 g/mol. The Hall–Kier alpha value is -7.83. The maximum Gasteiger partial charge on any atom is 0.164 e. The zero-order valence-corrected chi connectivity index (χ0v) is 30.4. The zero-order valence-electron chi connectivity index (χ0n) is 30.4. The van der Waals surface area contributed by atoms with Crippen LogP contribution in [0.15, 0.2) is 191 Å². The standard InChI is InChI=1S/C51H30N4O2/c1-3-13-31(14-4-1)49-52-50(32-15-5-2-6-16-32)54-51(53-49)34-26-28-45-41(29-34)40-20-11-19-35(47(40)56-45)33-25-27-38-39-21-12-24-44(48(39)57-46(38)30-33)55-42-22-9-7-17-36(42)37-18-8-10-23-43(37)55/h1-30H. The second-order valence-electron chi connectivity index (χ2n) is 14.4. The average Bonchev–Trinajstić information content (AvgIpc) is 3.96. The summed E-state index contributed by atoms with van der Waals surface area (Å²) < 4.78 is 15.8.